The van der Waals surface area contributed by atoms with Gasteiger partial charge in [0.15, 0.2) is 0 Å². The predicted octanol–water partition coefficient (Wildman–Crippen LogP) is 1.85. The van der Waals surface area contributed by atoms with Gasteiger partial charge < -0.3 is 20.7 Å². The van der Waals surface area contributed by atoms with Crippen LogP contribution in [0.15, 0.2) is 18.2 Å². The van der Waals surface area contributed by atoms with Crippen LogP contribution in [0.5, 0.6) is 0 Å². The summed E-state index contributed by atoms with van der Waals surface area (Å²) >= 11 is 0. The van der Waals surface area contributed by atoms with Crippen LogP contribution in [0.3, 0.4) is 0 Å². The fourth-order valence-electron chi connectivity index (χ4n) is 2.39. The summed E-state index contributed by atoms with van der Waals surface area (Å²) < 4.78 is 18.6. The minimum absolute atomic E-state index is 0.0336. The highest BCUT2D eigenvalue weighted by Gasteiger charge is 2.15. The maximum Gasteiger partial charge on any atom is 0.225 e. The van der Waals surface area contributed by atoms with Crippen molar-refractivity contribution in [1.82, 2.24) is 4.90 Å². The highest BCUT2D eigenvalue weighted by molar-refractivity contribution is 5.91. The molecule has 1 heterocycles. The number of nitrogen functional groups attached to an aromatic ring is 1. The number of amides is 1. The van der Waals surface area contributed by atoms with Gasteiger partial charge in [-0.15, -0.1) is 0 Å². The number of ether oxygens (including phenoxy) is 1. The molecule has 2 rings (SSSR count). The Kier molecular flexibility index (Phi) is 5.52. The molecule has 3 N–H and O–H groups in total. The second-order valence-corrected chi connectivity index (χ2v) is 5.37. The molecule has 1 unspecified atom stereocenters. The van der Waals surface area contributed by atoms with Crippen LogP contribution in [0.4, 0.5) is 15.8 Å². The minimum Gasteiger partial charge on any atom is -0.396 e. The van der Waals surface area contributed by atoms with Gasteiger partial charge >= 0.3 is 0 Å². The van der Waals surface area contributed by atoms with E-state index in [1.165, 1.54) is 18.2 Å². The number of anilines is 2. The van der Waals surface area contributed by atoms with Crippen LogP contribution < -0.4 is 11.1 Å². The number of benzene rings is 1. The van der Waals surface area contributed by atoms with Gasteiger partial charge in [-0.2, -0.15) is 0 Å². The van der Waals surface area contributed by atoms with Crippen molar-refractivity contribution in [3.63, 3.8) is 0 Å². The number of nitrogens with zero attached hydrogens (tertiary/aromatic N) is 1. The van der Waals surface area contributed by atoms with E-state index in [0.717, 1.165) is 26.1 Å². The van der Waals surface area contributed by atoms with Crippen LogP contribution in [0.1, 0.15) is 19.8 Å². The monoisotopic (exact) mass is 295 g/mol. The lowest BCUT2D eigenvalue weighted by Crippen LogP contribution is -2.33. The second-order valence-electron chi connectivity index (χ2n) is 5.37. The second kappa shape index (κ2) is 7.38. The molecule has 1 saturated heterocycles. The van der Waals surface area contributed by atoms with Crippen LogP contribution >= 0.6 is 0 Å². The molecular weight excluding hydrogens is 273 g/mol. The highest BCUT2D eigenvalue weighted by atomic mass is 19.1. The molecule has 116 valence electrons. The molecule has 0 bridgehead atoms. The number of hydrogen-bond donors (Lipinski definition) is 2. The molecular formula is C15H22FN3O2. The van der Waals surface area contributed by atoms with Crippen molar-refractivity contribution in [2.75, 3.05) is 37.3 Å². The van der Waals surface area contributed by atoms with E-state index in [9.17, 15) is 9.18 Å². The van der Waals surface area contributed by atoms with E-state index < -0.39 is 5.82 Å². The van der Waals surface area contributed by atoms with Gasteiger partial charge in [-0.3, -0.25) is 4.79 Å². The van der Waals surface area contributed by atoms with Crippen LogP contribution in [-0.2, 0) is 9.53 Å². The molecule has 1 aliphatic rings. The summed E-state index contributed by atoms with van der Waals surface area (Å²) in [7, 11) is 0. The quantitative estimate of drug-likeness (QED) is 0.832. The normalized spacial score (nSPS) is 20.0. The smallest absolute Gasteiger partial charge is 0.225 e. The Balaban J connectivity index is 1.80. The average Bonchev–Trinajstić information content (AvgIpc) is 2.65. The molecule has 0 saturated carbocycles. The summed E-state index contributed by atoms with van der Waals surface area (Å²) in [5.41, 5.74) is 6.02. The van der Waals surface area contributed by atoms with E-state index in [1.54, 1.807) is 0 Å². The summed E-state index contributed by atoms with van der Waals surface area (Å²) in [5.74, 6) is -0.578. The molecule has 1 atom stereocenters. The standard InChI is InChI=1S/C15H22FN3O2/c1-11-10-19(6-2-8-21-11)7-5-15(20)18-12-3-4-13(16)14(17)9-12/h3-4,9,11H,2,5-8,10,17H2,1H3,(H,18,20). The first-order valence-corrected chi connectivity index (χ1v) is 7.23. The van der Waals surface area contributed by atoms with Gasteiger partial charge in [-0.25, -0.2) is 4.39 Å². The molecule has 1 aromatic carbocycles. The van der Waals surface area contributed by atoms with Crippen molar-refractivity contribution in [3.05, 3.63) is 24.0 Å². The number of halogens is 1. The number of carbonyl (C=O) groups excluding carboxylic acids is 1. The van der Waals surface area contributed by atoms with Gasteiger partial charge in [-0.1, -0.05) is 0 Å². The SMILES string of the molecule is CC1CN(CCC(=O)Nc2ccc(F)c(N)c2)CCCO1. The summed E-state index contributed by atoms with van der Waals surface area (Å²) in [4.78, 5) is 14.1. The van der Waals surface area contributed by atoms with Gasteiger partial charge in [-0.05, 0) is 31.5 Å². The zero-order valence-electron chi connectivity index (χ0n) is 12.3. The van der Waals surface area contributed by atoms with Crippen LogP contribution in [0.25, 0.3) is 0 Å². The Morgan fingerprint density at radius 3 is 3.14 bits per heavy atom. The number of rotatable bonds is 4. The zero-order valence-corrected chi connectivity index (χ0v) is 12.3. The third kappa shape index (κ3) is 4.99. The van der Waals surface area contributed by atoms with Crippen LogP contribution in [0, 0.1) is 5.82 Å². The first-order valence-electron chi connectivity index (χ1n) is 7.23. The van der Waals surface area contributed by atoms with Gasteiger partial charge in [0.2, 0.25) is 5.91 Å². The van der Waals surface area contributed by atoms with Crippen molar-refractivity contribution in [3.8, 4) is 0 Å². The lowest BCUT2D eigenvalue weighted by atomic mass is 10.2. The van der Waals surface area contributed by atoms with Crippen molar-refractivity contribution in [1.29, 1.82) is 0 Å². The lowest BCUT2D eigenvalue weighted by Gasteiger charge is -2.21. The van der Waals surface area contributed by atoms with E-state index in [0.29, 0.717) is 18.7 Å². The van der Waals surface area contributed by atoms with Gasteiger partial charge in [0.1, 0.15) is 5.82 Å². The molecule has 5 nitrogen and oxygen atoms in total. The lowest BCUT2D eigenvalue weighted by molar-refractivity contribution is -0.116. The molecule has 0 radical (unpaired) electrons. The average molecular weight is 295 g/mol. The topological polar surface area (TPSA) is 67.6 Å². The first kappa shape index (κ1) is 15.7. The Labute approximate surface area is 124 Å². The summed E-state index contributed by atoms with van der Waals surface area (Å²) in [6, 6.07) is 4.18. The van der Waals surface area contributed by atoms with Crippen molar-refractivity contribution >= 4 is 17.3 Å². The van der Waals surface area contributed by atoms with E-state index >= 15 is 0 Å². The van der Waals surface area contributed by atoms with Crippen LogP contribution in [0.2, 0.25) is 0 Å². The fourth-order valence-corrected chi connectivity index (χ4v) is 2.39. The largest absolute Gasteiger partial charge is 0.396 e. The molecule has 1 aromatic rings. The third-order valence-corrected chi connectivity index (χ3v) is 3.47. The fraction of sp³-hybridized carbons (Fsp3) is 0.533. The summed E-state index contributed by atoms with van der Waals surface area (Å²) in [6.45, 7) is 5.30. The number of carbonyl (C=O) groups is 1. The van der Waals surface area contributed by atoms with Gasteiger partial charge in [0.25, 0.3) is 0 Å². The number of hydrogen-bond acceptors (Lipinski definition) is 4. The van der Waals surface area contributed by atoms with E-state index in [2.05, 4.69) is 10.2 Å². The Morgan fingerprint density at radius 2 is 2.38 bits per heavy atom. The van der Waals surface area contributed by atoms with Crippen LogP contribution in [-0.4, -0.2) is 43.2 Å². The number of nitrogens with two attached hydrogens (primary N) is 1. The van der Waals surface area contributed by atoms with Crippen molar-refractivity contribution in [2.24, 2.45) is 0 Å². The van der Waals surface area contributed by atoms with E-state index in [4.69, 9.17) is 10.5 Å². The van der Waals surface area contributed by atoms with Gasteiger partial charge in [0, 0.05) is 38.3 Å². The third-order valence-electron chi connectivity index (χ3n) is 3.47. The summed E-state index contributed by atoms with van der Waals surface area (Å²) in [5, 5.41) is 2.73. The molecule has 0 aromatic heterocycles. The Morgan fingerprint density at radius 1 is 1.57 bits per heavy atom. The van der Waals surface area contributed by atoms with Crippen molar-refractivity contribution in [2.45, 2.75) is 25.9 Å². The zero-order chi connectivity index (χ0) is 15.2. The maximum absolute atomic E-state index is 13.0. The molecule has 0 aliphatic carbocycles. The Hall–Kier alpha value is -1.66. The molecule has 1 fully saturated rings. The Bertz CT molecular complexity index is 496. The molecule has 1 aliphatic heterocycles. The maximum atomic E-state index is 13.0. The highest BCUT2D eigenvalue weighted by Crippen LogP contribution is 2.16. The summed E-state index contributed by atoms with van der Waals surface area (Å²) in [6.07, 6.45) is 1.58. The first-order chi connectivity index (χ1) is 10.0. The molecule has 1 amide bonds. The van der Waals surface area contributed by atoms with Gasteiger partial charge in [0.05, 0.1) is 11.8 Å². The molecule has 0 spiro atoms. The minimum atomic E-state index is -0.480. The van der Waals surface area contributed by atoms with E-state index in [1.807, 2.05) is 6.92 Å². The number of nitrogens with one attached hydrogen (secondary N) is 1. The molecule has 6 heteroatoms. The molecule has 21 heavy (non-hydrogen) atoms. The predicted molar refractivity (Wildman–Crippen MR) is 80.5 cm³/mol. The van der Waals surface area contributed by atoms with Crippen molar-refractivity contribution < 1.29 is 13.9 Å². The van der Waals surface area contributed by atoms with E-state index in [-0.39, 0.29) is 17.7 Å².